The SMILES string of the molecule is CCCCC1(CCC2CCCCC2)C(=O)NC(=O)NC1=O. The van der Waals surface area contributed by atoms with E-state index in [0.29, 0.717) is 18.8 Å². The summed E-state index contributed by atoms with van der Waals surface area (Å²) in [7, 11) is 0. The van der Waals surface area contributed by atoms with E-state index in [1.165, 1.54) is 32.1 Å². The molecule has 2 N–H and O–H groups in total. The van der Waals surface area contributed by atoms with Gasteiger partial charge in [-0.15, -0.1) is 0 Å². The third-order valence-electron chi connectivity index (χ3n) is 4.98. The van der Waals surface area contributed by atoms with Crippen molar-refractivity contribution in [1.82, 2.24) is 10.6 Å². The Balaban J connectivity index is 2.06. The molecule has 2 aliphatic rings. The van der Waals surface area contributed by atoms with Gasteiger partial charge in [0.1, 0.15) is 5.41 Å². The van der Waals surface area contributed by atoms with Gasteiger partial charge in [0.05, 0.1) is 0 Å². The van der Waals surface area contributed by atoms with Gasteiger partial charge in [-0.05, 0) is 25.2 Å². The molecule has 0 radical (unpaired) electrons. The Morgan fingerprint density at radius 2 is 1.62 bits per heavy atom. The Kier molecular flexibility index (Phi) is 5.37. The highest BCUT2D eigenvalue weighted by atomic mass is 16.2. The number of carbonyl (C=O) groups is 3. The van der Waals surface area contributed by atoms with Crippen LogP contribution in [0.2, 0.25) is 0 Å². The molecule has 5 nitrogen and oxygen atoms in total. The molecule has 2 fully saturated rings. The van der Waals surface area contributed by atoms with Crippen LogP contribution >= 0.6 is 0 Å². The van der Waals surface area contributed by atoms with Crippen LogP contribution in [0.4, 0.5) is 4.79 Å². The fourth-order valence-electron chi connectivity index (χ4n) is 3.56. The first kappa shape index (κ1) is 16.0. The van der Waals surface area contributed by atoms with Crippen LogP contribution in [-0.2, 0) is 9.59 Å². The van der Waals surface area contributed by atoms with Gasteiger partial charge in [-0.3, -0.25) is 20.2 Å². The molecule has 0 spiro atoms. The number of nitrogens with one attached hydrogen (secondary N) is 2. The highest BCUT2D eigenvalue weighted by molar-refractivity contribution is 6.19. The Bertz CT molecular complexity index is 394. The van der Waals surface area contributed by atoms with E-state index in [9.17, 15) is 14.4 Å². The van der Waals surface area contributed by atoms with Gasteiger partial charge in [-0.2, -0.15) is 0 Å². The van der Waals surface area contributed by atoms with E-state index in [1.807, 2.05) is 6.92 Å². The number of rotatable bonds is 6. The van der Waals surface area contributed by atoms with Crippen LogP contribution in [0, 0.1) is 11.3 Å². The van der Waals surface area contributed by atoms with Crippen LogP contribution in [0.1, 0.15) is 71.1 Å². The van der Waals surface area contributed by atoms with Crippen molar-refractivity contribution >= 4 is 17.8 Å². The summed E-state index contributed by atoms with van der Waals surface area (Å²) in [5.74, 6) is -0.184. The third-order valence-corrected chi connectivity index (χ3v) is 4.98. The second-order valence-corrected chi connectivity index (χ2v) is 6.47. The van der Waals surface area contributed by atoms with Crippen LogP contribution < -0.4 is 10.6 Å². The molecule has 21 heavy (non-hydrogen) atoms. The predicted octanol–water partition coefficient (Wildman–Crippen LogP) is 2.89. The van der Waals surface area contributed by atoms with E-state index in [-0.39, 0.29) is 0 Å². The third kappa shape index (κ3) is 3.63. The molecule has 1 saturated carbocycles. The summed E-state index contributed by atoms with van der Waals surface area (Å²) in [5, 5.41) is 4.57. The molecule has 0 unspecified atom stereocenters. The van der Waals surface area contributed by atoms with Crippen LogP contribution in [-0.4, -0.2) is 17.8 Å². The summed E-state index contributed by atoms with van der Waals surface area (Å²) in [6.45, 7) is 2.04. The molecule has 118 valence electrons. The lowest BCUT2D eigenvalue weighted by molar-refractivity contribution is -0.145. The number of amides is 4. The highest BCUT2D eigenvalue weighted by Crippen LogP contribution is 2.37. The van der Waals surface area contributed by atoms with Crippen molar-refractivity contribution in [2.45, 2.75) is 71.1 Å². The molecule has 0 bridgehead atoms. The molecule has 0 aromatic carbocycles. The van der Waals surface area contributed by atoms with Gasteiger partial charge in [0.25, 0.3) is 0 Å². The zero-order valence-electron chi connectivity index (χ0n) is 12.9. The summed E-state index contributed by atoms with van der Waals surface area (Å²) >= 11 is 0. The Morgan fingerprint density at radius 3 is 2.19 bits per heavy atom. The van der Waals surface area contributed by atoms with Crippen molar-refractivity contribution in [2.75, 3.05) is 0 Å². The first-order valence-electron chi connectivity index (χ1n) is 8.25. The van der Waals surface area contributed by atoms with Gasteiger partial charge in [-0.1, -0.05) is 51.9 Å². The standard InChI is InChI=1S/C16H26N2O3/c1-2-3-10-16(11-9-12-7-5-4-6-8-12)13(19)17-15(21)18-14(16)20/h12H,2-11H2,1H3,(H2,17,18,19,20,21). The number of hydrogen-bond acceptors (Lipinski definition) is 3. The van der Waals surface area contributed by atoms with Gasteiger partial charge >= 0.3 is 6.03 Å². The van der Waals surface area contributed by atoms with Crippen LogP contribution in [0.15, 0.2) is 0 Å². The van der Waals surface area contributed by atoms with Crippen molar-refractivity contribution in [2.24, 2.45) is 11.3 Å². The van der Waals surface area contributed by atoms with Crippen molar-refractivity contribution in [1.29, 1.82) is 0 Å². The largest absolute Gasteiger partial charge is 0.328 e. The van der Waals surface area contributed by atoms with Crippen LogP contribution in [0.5, 0.6) is 0 Å². The van der Waals surface area contributed by atoms with Gasteiger partial charge in [0.15, 0.2) is 0 Å². The van der Waals surface area contributed by atoms with Crippen molar-refractivity contribution in [3.05, 3.63) is 0 Å². The highest BCUT2D eigenvalue weighted by Gasteiger charge is 2.49. The first-order chi connectivity index (χ1) is 10.1. The molecule has 4 amide bonds. The fourth-order valence-corrected chi connectivity index (χ4v) is 3.56. The van der Waals surface area contributed by atoms with Gasteiger partial charge < -0.3 is 0 Å². The maximum Gasteiger partial charge on any atom is 0.328 e. The number of imide groups is 2. The maximum absolute atomic E-state index is 12.3. The van der Waals surface area contributed by atoms with E-state index in [4.69, 9.17) is 0 Å². The molecule has 1 saturated heterocycles. The zero-order valence-corrected chi connectivity index (χ0v) is 12.9. The number of hydrogen-bond donors (Lipinski definition) is 2. The summed E-state index contributed by atoms with van der Waals surface area (Å²) in [6.07, 6.45) is 9.94. The number of urea groups is 1. The Labute approximate surface area is 126 Å². The molecule has 1 aliphatic carbocycles. The summed E-state index contributed by atoms with van der Waals surface area (Å²) in [5.41, 5.74) is -1.04. The van der Waals surface area contributed by atoms with E-state index < -0.39 is 23.3 Å². The van der Waals surface area contributed by atoms with E-state index >= 15 is 0 Å². The second kappa shape index (κ2) is 7.05. The Hall–Kier alpha value is -1.39. The minimum atomic E-state index is -1.04. The Morgan fingerprint density at radius 1 is 1.00 bits per heavy atom. The lowest BCUT2D eigenvalue weighted by Gasteiger charge is -2.35. The molecule has 5 heteroatoms. The van der Waals surface area contributed by atoms with Crippen molar-refractivity contribution in [3.63, 3.8) is 0 Å². The molecule has 0 atom stereocenters. The smallest absolute Gasteiger partial charge is 0.277 e. The molecular weight excluding hydrogens is 268 g/mol. The summed E-state index contributed by atoms with van der Waals surface area (Å²) in [6, 6.07) is -0.685. The molecule has 0 aromatic heterocycles. The van der Waals surface area contributed by atoms with E-state index in [0.717, 1.165) is 19.3 Å². The zero-order chi connectivity index (χ0) is 15.3. The fraction of sp³-hybridized carbons (Fsp3) is 0.812. The normalized spacial score (nSPS) is 22.8. The molecular formula is C16H26N2O3. The average molecular weight is 294 g/mol. The van der Waals surface area contributed by atoms with E-state index in [2.05, 4.69) is 10.6 Å². The maximum atomic E-state index is 12.3. The lowest BCUT2D eigenvalue weighted by Crippen LogP contribution is -2.62. The summed E-state index contributed by atoms with van der Waals surface area (Å²) in [4.78, 5) is 35.9. The van der Waals surface area contributed by atoms with Crippen LogP contribution in [0.3, 0.4) is 0 Å². The average Bonchev–Trinajstić information content (AvgIpc) is 2.47. The van der Waals surface area contributed by atoms with Crippen molar-refractivity contribution < 1.29 is 14.4 Å². The van der Waals surface area contributed by atoms with Gasteiger partial charge in [0, 0.05) is 0 Å². The minimum Gasteiger partial charge on any atom is -0.277 e. The van der Waals surface area contributed by atoms with Crippen molar-refractivity contribution in [3.8, 4) is 0 Å². The van der Waals surface area contributed by atoms with E-state index in [1.54, 1.807) is 0 Å². The molecule has 0 aromatic rings. The molecule has 2 rings (SSSR count). The lowest BCUT2D eigenvalue weighted by atomic mass is 9.73. The van der Waals surface area contributed by atoms with Crippen LogP contribution in [0.25, 0.3) is 0 Å². The molecule has 1 aliphatic heterocycles. The molecule has 1 heterocycles. The summed E-state index contributed by atoms with van der Waals surface area (Å²) < 4.78 is 0. The topological polar surface area (TPSA) is 75.3 Å². The van der Waals surface area contributed by atoms with Gasteiger partial charge in [-0.25, -0.2) is 4.79 Å². The number of barbiturate groups is 1. The monoisotopic (exact) mass is 294 g/mol. The van der Waals surface area contributed by atoms with Gasteiger partial charge in [0.2, 0.25) is 11.8 Å². The second-order valence-electron chi connectivity index (χ2n) is 6.47. The number of carbonyl (C=O) groups excluding carboxylic acids is 3. The minimum absolute atomic E-state index is 0.402. The quantitative estimate of drug-likeness (QED) is 0.740. The number of unbranched alkanes of at least 4 members (excludes halogenated alkanes) is 1. The first-order valence-corrected chi connectivity index (χ1v) is 8.25. The predicted molar refractivity (Wildman–Crippen MR) is 79.4 cm³/mol.